The summed E-state index contributed by atoms with van der Waals surface area (Å²) in [6.45, 7) is 3.72. The second-order valence-corrected chi connectivity index (χ2v) is 6.21. The maximum atomic E-state index is 12.7. The standard InChI is InChI=1S/C18H17ClN4O2/c1-11(2)20-17(24)15-14-9-5-6-10-23(14)16(22-15)18(25)21-13-8-4-3-7-12(13)19/h3-11H,1-2H3,(H,20,24)(H,21,25). The minimum atomic E-state index is -0.446. The van der Waals surface area contributed by atoms with Gasteiger partial charge in [0.2, 0.25) is 5.82 Å². The van der Waals surface area contributed by atoms with E-state index in [0.29, 0.717) is 16.2 Å². The van der Waals surface area contributed by atoms with Gasteiger partial charge in [-0.25, -0.2) is 4.98 Å². The molecule has 7 heteroatoms. The van der Waals surface area contributed by atoms with Gasteiger partial charge in [-0.2, -0.15) is 0 Å². The van der Waals surface area contributed by atoms with E-state index in [1.807, 2.05) is 13.8 Å². The van der Waals surface area contributed by atoms with Crippen LogP contribution < -0.4 is 10.6 Å². The van der Waals surface area contributed by atoms with E-state index in [4.69, 9.17) is 11.6 Å². The Morgan fingerprint density at radius 3 is 2.52 bits per heavy atom. The van der Waals surface area contributed by atoms with Crippen molar-refractivity contribution in [3.8, 4) is 0 Å². The highest BCUT2D eigenvalue weighted by atomic mass is 35.5. The van der Waals surface area contributed by atoms with Crippen LogP contribution in [0.4, 0.5) is 5.69 Å². The molecule has 2 N–H and O–H groups in total. The Morgan fingerprint density at radius 1 is 1.08 bits per heavy atom. The Balaban J connectivity index is 2.00. The summed E-state index contributed by atoms with van der Waals surface area (Å²) in [6, 6.07) is 12.2. The van der Waals surface area contributed by atoms with E-state index in [1.54, 1.807) is 53.1 Å². The molecule has 0 unspecified atom stereocenters. The van der Waals surface area contributed by atoms with Gasteiger partial charge in [0.05, 0.1) is 16.2 Å². The van der Waals surface area contributed by atoms with Crippen molar-refractivity contribution in [2.24, 2.45) is 0 Å². The molecule has 0 saturated carbocycles. The number of pyridine rings is 1. The molecule has 3 rings (SSSR count). The van der Waals surface area contributed by atoms with Crippen LogP contribution in [0, 0.1) is 0 Å². The molecule has 1 aromatic carbocycles. The lowest BCUT2D eigenvalue weighted by atomic mass is 10.3. The normalized spacial score (nSPS) is 10.9. The fourth-order valence-corrected chi connectivity index (χ4v) is 2.62. The molecule has 0 atom stereocenters. The zero-order valence-electron chi connectivity index (χ0n) is 13.8. The average molecular weight is 357 g/mol. The molecular formula is C18H17ClN4O2. The number of para-hydroxylation sites is 1. The fourth-order valence-electron chi connectivity index (χ4n) is 2.44. The molecule has 25 heavy (non-hydrogen) atoms. The summed E-state index contributed by atoms with van der Waals surface area (Å²) in [4.78, 5) is 29.3. The summed E-state index contributed by atoms with van der Waals surface area (Å²) in [6.07, 6.45) is 1.69. The summed E-state index contributed by atoms with van der Waals surface area (Å²) in [5.41, 5.74) is 1.25. The minimum Gasteiger partial charge on any atom is -0.348 e. The maximum absolute atomic E-state index is 12.7. The number of rotatable bonds is 4. The first-order chi connectivity index (χ1) is 12.0. The van der Waals surface area contributed by atoms with Gasteiger partial charge in [0.15, 0.2) is 5.69 Å². The van der Waals surface area contributed by atoms with Crippen molar-refractivity contribution >= 4 is 34.6 Å². The molecule has 0 bridgehead atoms. The van der Waals surface area contributed by atoms with Crippen LogP contribution in [0.2, 0.25) is 5.02 Å². The van der Waals surface area contributed by atoms with E-state index in [9.17, 15) is 9.59 Å². The summed E-state index contributed by atoms with van der Waals surface area (Å²) in [5, 5.41) is 5.95. The van der Waals surface area contributed by atoms with Gasteiger partial charge in [-0.1, -0.05) is 29.8 Å². The third-order valence-electron chi connectivity index (χ3n) is 3.51. The Labute approximate surface area is 149 Å². The predicted molar refractivity (Wildman–Crippen MR) is 97.2 cm³/mol. The van der Waals surface area contributed by atoms with Gasteiger partial charge in [-0.15, -0.1) is 0 Å². The van der Waals surface area contributed by atoms with Crippen LogP contribution in [0.5, 0.6) is 0 Å². The van der Waals surface area contributed by atoms with E-state index in [2.05, 4.69) is 15.6 Å². The van der Waals surface area contributed by atoms with Crippen LogP contribution >= 0.6 is 11.6 Å². The first-order valence-corrected chi connectivity index (χ1v) is 8.19. The number of halogens is 1. The zero-order valence-corrected chi connectivity index (χ0v) is 14.5. The summed E-state index contributed by atoms with van der Waals surface area (Å²) >= 11 is 6.08. The van der Waals surface area contributed by atoms with Crippen LogP contribution in [-0.4, -0.2) is 27.2 Å². The van der Waals surface area contributed by atoms with E-state index in [0.717, 1.165) is 0 Å². The molecular weight excluding hydrogens is 340 g/mol. The van der Waals surface area contributed by atoms with Gasteiger partial charge >= 0.3 is 0 Å². The Morgan fingerprint density at radius 2 is 1.80 bits per heavy atom. The van der Waals surface area contributed by atoms with Crippen molar-refractivity contribution in [1.29, 1.82) is 0 Å². The second kappa shape index (κ2) is 6.94. The van der Waals surface area contributed by atoms with Crippen molar-refractivity contribution in [2.45, 2.75) is 19.9 Å². The first-order valence-electron chi connectivity index (χ1n) is 7.81. The Kier molecular flexibility index (Phi) is 4.72. The fraction of sp³-hybridized carbons (Fsp3) is 0.167. The van der Waals surface area contributed by atoms with Gasteiger partial charge in [0, 0.05) is 12.2 Å². The largest absolute Gasteiger partial charge is 0.348 e. The molecule has 3 aromatic rings. The molecule has 2 aromatic heterocycles. The second-order valence-electron chi connectivity index (χ2n) is 5.80. The van der Waals surface area contributed by atoms with Crippen LogP contribution in [0.1, 0.15) is 35.0 Å². The molecule has 2 amide bonds. The van der Waals surface area contributed by atoms with Crippen molar-refractivity contribution in [1.82, 2.24) is 14.7 Å². The number of hydrogen-bond donors (Lipinski definition) is 2. The third kappa shape index (κ3) is 3.49. The number of aromatic nitrogens is 2. The van der Waals surface area contributed by atoms with E-state index < -0.39 is 5.91 Å². The van der Waals surface area contributed by atoms with Crippen LogP contribution in [-0.2, 0) is 0 Å². The number of amides is 2. The first kappa shape index (κ1) is 17.0. The van der Waals surface area contributed by atoms with E-state index in [-0.39, 0.29) is 23.5 Å². The summed E-state index contributed by atoms with van der Waals surface area (Å²) in [7, 11) is 0. The summed E-state index contributed by atoms with van der Waals surface area (Å²) < 4.78 is 1.58. The third-order valence-corrected chi connectivity index (χ3v) is 3.84. The average Bonchev–Trinajstić information content (AvgIpc) is 2.96. The molecule has 0 radical (unpaired) electrons. The molecule has 0 aliphatic rings. The molecule has 0 saturated heterocycles. The van der Waals surface area contributed by atoms with Gasteiger partial charge < -0.3 is 10.6 Å². The van der Waals surface area contributed by atoms with Gasteiger partial charge in [0.25, 0.3) is 11.8 Å². The number of anilines is 1. The van der Waals surface area contributed by atoms with E-state index >= 15 is 0 Å². The molecule has 0 spiro atoms. The number of carbonyl (C=O) groups is 2. The van der Waals surface area contributed by atoms with Crippen LogP contribution in [0.3, 0.4) is 0 Å². The monoisotopic (exact) mass is 356 g/mol. The lowest BCUT2D eigenvalue weighted by molar-refractivity contribution is 0.0940. The van der Waals surface area contributed by atoms with Gasteiger partial charge in [-0.05, 0) is 38.1 Å². The number of carbonyl (C=O) groups excluding carboxylic acids is 2. The Bertz CT molecular complexity index is 949. The van der Waals surface area contributed by atoms with Crippen molar-refractivity contribution in [3.05, 3.63) is 65.2 Å². The number of benzene rings is 1. The van der Waals surface area contributed by atoms with E-state index in [1.165, 1.54) is 0 Å². The topological polar surface area (TPSA) is 75.5 Å². The predicted octanol–water partition coefficient (Wildman–Crippen LogP) is 3.38. The minimum absolute atomic E-state index is 0.0339. The lowest BCUT2D eigenvalue weighted by Gasteiger charge is -2.06. The van der Waals surface area contributed by atoms with Crippen LogP contribution in [0.25, 0.3) is 5.52 Å². The number of nitrogens with zero attached hydrogens (tertiary/aromatic N) is 2. The molecule has 0 aliphatic heterocycles. The lowest BCUT2D eigenvalue weighted by Crippen LogP contribution is -2.30. The number of nitrogens with one attached hydrogen (secondary N) is 2. The van der Waals surface area contributed by atoms with Crippen molar-refractivity contribution in [2.75, 3.05) is 5.32 Å². The van der Waals surface area contributed by atoms with Gasteiger partial charge in [-0.3, -0.25) is 14.0 Å². The Hall–Kier alpha value is -2.86. The number of hydrogen-bond acceptors (Lipinski definition) is 3. The number of imidazole rings is 1. The smallest absolute Gasteiger partial charge is 0.292 e. The highest BCUT2D eigenvalue weighted by Gasteiger charge is 2.22. The van der Waals surface area contributed by atoms with Crippen molar-refractivity contribution in [3.63, 3.8) is 0 Å². The molecule has 0 fully saturated rings. The molecule has 128 valence electrons. The maximum Gasteiger partial charge on any atom is 0.292 e. The summed E-state index contributed by atoms with van der Waals surface area (Å²) in [5.74, 6) is -0.655. The highest BCUT2D eigenvalue weighted by molar-refractivity contribution is 6.33. The quantitative estimate of drug-likeness (QED) is 0.752. The zero-order chi connectivity index (χ0) is 18.0. The van der Waals surface area contributed by atoms with Crippen LogP contribution in [0.15, 0.2) is 48.7 Å². The highest BCUT2D eigenvalue weighted by Crippen LogP contribution is 2.22. The van der Waals surface area contributed by atoms with Gasteiger partial charge in [0.1, 0.15) is 0 Å². The SMILES string of the molecule is CC(C)NC(=O)c1nc(C(=O)Nc2ccccc2Cl)n2ccccc12. The molecule has 6 nitrogen and oxygen atoms in total. The molecule has 0 aliphatic carbocycles. The molecule has 2 heterocycles. The van der Waals surface area contributed by atoms with Crippen molar-refractivity contribution < 1.29 is 9.59 Å². The number of fused-ring (bicyclic) bond motifs is 1.